The van der Waals surface area contributed by atoms with Crippen LogP contribution in [0.2, 0.25) is 0 Å². The van der Waals surface area contributed by atoms with Crippen LogP contribution in [-0.2, 0) is 40.1 Å². The molecular formula is C41H67N5O8S. The van der Waals surface area contributed by atoms with E-state index in [1.54, 1.807) is 31.4 Å². The van der Waals surface area contributed by atoms with Crippen LogP contribution in [0.4, 0.5) is 10.5 Å². The van der Waals surface area contributed by atoms with E-state index in [1.807, 2.05) is 47.8 Å². The zero-order chi connectivity index (χ0) is 41.4. The van der Waals surface area contributed by atoms with Gasteiger partial charge in [-0.25, -0.2) is 4.79 Å². The fourth-order valence-corrected chi connectivity index (χ4v) is 7.61. The van der Waals surface area contributed by atoms with Gasteiger partial charge in [-0.15, -0.1) is 0 Å². The van der Waals surface area contributed by atoms with Gasteiger partial charge >= 0.3 is 6.09 Å². The van der Waals surface area contributed by atoms with E-state index in [0.29, 0.717) is 32.2 Å². The van der Waals surface area contributed by atoms with Crippen molar-refractivity contribution in [3.63, 3.8) is 0 Å². The SMILES string of the molecule is CC[C@H](C)N(C(C)C(=O)[C@@H](NC(=O)[C@H](C(C)C)N(C)C(=O)OCc1ccc(NCC(=O)CCCCCN2C(=O)CC(SC)C2=O)cc1)C(C)C)[C@@H](CC)OC. The predicted molar refractivity (Wildman–Crippen MR) is 218 cm³/mol. The number of benzene rings is 1. The first-order valence-electron chi connectivity index (χ1n) is 19.8. The van der Waals surface area contributed by atoms with Crippen molar-refractivity contribution < 1.29 is 38.2 Å². The molecule has 6 atom stereocenters. The average Bonchev–Trinajstić information content (AvgIpc) is 3.44. The summed E-state index contributed by atoms with van der Waals surface area (Å²) < 4.78 is 11.3. The van der Waals surface area contributed by atoms with Crippen molar-refractivity contribution in [3.8, 4) is 0 Å². The zero-order valence-corrected chi connectivity index (χ0v) is 35.8. The van der Waals surface area contributed by atoms with Crippen LogP contribution < -0.4 is 10.6 Å². The Morgan fingerprint density at radius 3 is 2.13 bits per heavy atom. The van der Waals surface area contributed by atoms with Crippen molar-refractivity contribution in [1.29, 1.82) is 0 Å². The molecule has 2 N–H and O–H groups in total. The Balaban J connectivity index is 1.88. The van der Waals surface area contributed by atoms with Crippen LogP contribution in [0.1, 0.15) is 106 Å². The molecular weight excluding hydrogens is 723 g/mol. The number of carbonyl (C=O) groups excluding carboxylic acids is 6. The molecule has 0 radical (unpaired) electrons. The third kappa shape index (κ3) is 13.9. The fourth-order valence-electron chi connectivity index (χ4n) is 6.97. The van der Waals surface area contributed by atoms with Gasteiger partial charge < -0.3 is 20.1 Å². The number of imide groups is 1. The highest BCUT2D eigenvalue weighted by molar-refractivity contribution is 8.00. The van der Waals surface area contributed by atoms with Crippen molar-refractivity contribution in [3.05, 3.63) is 29.8 Å². The topological polar surface area (TPSA) is 155 Å². The van der Waals surface area contributed by atoms with Gasteiger partial charge in [-0.2, -0.15) is 11.8 Å². The number of thioether (sulfide) groups is 1. The fraction of sp³-hybridized carbons (Fsp3) is 0.707. The highest BCUT2D eigenvalue weighted by Crippen LogP contribution is 2.24. The number of methoxy groups -OCH3 is 1. The minimum atomic E-state index is -0.875. The molecule has 310 valence electrons. The second kappa shape index (κ2) is 23.5. The first-order chi connectivity index (χ1) is 26.0. The quantitative estimate of drug-likeness (QED) is 0.0692. The number of hydrogen-bond donors (Lipinski definition) is 2. The summed E-state index contributed by atoms with van der Waals surface area (Å²) >= 11 is 1.40. The number of ketones is 2. The Kier molecular flexibility index (Phi) is 20.4. The molecule has 0 saturated carbocycles. The number of ether oxygens (including phenoxy) is 2. The Labute approximate surface area is 333 Å². The molecule has 0 aromatic heterocycles. The van der Waals surface area contributed by atoms with Gasteiger partial charge in [0.1, 0.15) is 18.9 Å². The number of likely N-dealkylation sites (N-methyl/N-ethyl adjacent to an activating group) is 1. The largest absolute Gasteiger partial charge is 0.445 e. The average molecular weight is 790 g/mol. The Morgan fingerprint density at radius 1 is 0.945 bits per heavy atom. The van der Waals surface area contributed by atoms with Gasteiger partial charge in [0.25, 0.3) is 0 Å². The molecule has 55 heavy (non-hydrogen) atoms. The zero-order valence-electron chi connectivity index (χ0n) is 35.0. The summed E-state index contributed by atoms with van der Waals surface area (Å²) in [6.45, 7) is 16.0. The lowest BCUT2D eigenvalue weighted by Crippen LogP contribution is -2.60. The number of hydrogen-bond acceptors (Lipinski definition) is 11. The lowest BCUT2D eigenvalue weighted by molar-refractivity contribution is -0.140. The summed E-state index contributed by atoms with van der Waals surface area (Å²) in [4.78, 5) is 82.4. The first kappa shape index (κ1) is 47.7. The summed E-state index contributed by atoms with van der Waals surface area (Å²) in [5, 5.41) is 5.83. The minimum Gasteiger partial charge on any atom is -0.445 e. The van der Waals surface area contributed by atoms with E-state index in [4.69, 9.17) is 9.47 Å². The van der Waals surface area contributed by atoms with Crippen LogP contribution in [-0.4, -0.2) is 119 Å². The molecule has 2 rings (SSSR count). The second-order valence-electron chi connectivity index (χ2n) is 15.2. The monoisotopic (exact) mass is 789 g/mol. The maximum absolute atomic E-state index is 13.9. The molecule has 1 fully saturated rings. The van der Waals surface area contributed by atoms with E-state index in [1.165, 1.54) is 28.6 Å². The highest BCUT2D eigenvalue weighted by atomic mass is 32.2. The number of rotatable bonds is 25. The maximum atomic E-state index is 13.9. The van der Waals surface area contributed by atoms with E-state index < -0.39 is 30.1 Å². The maximum Gasteiger partial charge on any atom is 0.410 e. The molecule has 0 aliphatic carbocycles. The van der Waals surface area contributed by atoms with E-state index in [0.717, 1.165) is 24.1 Å². The van der Waals surface area contributed by atoms with Gasteiger partial charge in [-0.3, -0.25) is 38.7 Å². The van der Waals surface area contributed by atoms with E-state index in [-0.39, 0.29) is 72.3 Å². The third-order valence-corrected chi connectivity index (χ3v) is 11.4. The Morgan fingerprint density at radius 2 is 1.60 bits per heavy atom. The summed E-state index contributed by atoms with van der Waals surface area (Å²) in [6.07, 6.45) is 5.25. The standard InChI is InChI=1S/C41H67N5O8S/c1-12-28(7)46(35(13-2)53-10)29(8)38(49)36(26(3)4)43-39(50)37(27(5)6)44(9)41(52)54-25-30-18-20-31(21-19-30)42-24-32(47)17-15-14-16-22-45-34(48)23-33(55-11)40(45)51/h18-21,26-29,33,35-37,42H,12-17,22-25H2,1-11H3,(H,43,50)/t28-,29?,33?,35+,36-,37-/m0/s1. The number of anilines is 1. The molecule has 1 saturated heterocycles. The molecule has 1 aromatic rings. The molecule has 0 bridgehead atoms. The molecule has 1 heterocycles. The number of nitrogens with one attached hydrogen (secondary N) is 2. The summed E-state index contributed by atoms with van der Waals surface area (Å²) in [7, 11) is 3.17. The van der Waals surface area contributed by atoms with Gasteiger partial charge in [0.05, 0.1) is 23.9 Å². The van der Waals surface area contributed by atoms with E-state index in [9.17, 15) is 28.8 Å². The summed E-state index contributed by atoms with van der Waals surface area (Å²) in [6, 6.07) is 5.14. The number of carbonyl (C=O) groups is 6. The molecule has 13 nitrogen and oxygen atoms in total. The minimum absolute atomic E-state index is 0.0183. The van der Waals surface area contributed by atoms with Crippen LogP contribution in [0.15, 0.2) is 24.3 Å². The van der Waals surface area contributed by atoms with E-state index in [2.05, 4.69) is 29.4 Å². The smallest absolute Gasteiger partial charge is 0.410 e. The second-order valence-corrected chi connectivity index (χ2v) is 16.2. The van der Waals surface area contributed by atoms with Crippen molar-refractivity contribution in [2.24, 2.45) is 11.8 Å². The van der Waals surface area contributed by atoms with Crippen molar-refractivity contribution >= 4 is 52.8 Å². The summed E-state index contributed by atoms with van der Waals surface area (Å²) in [5.74, 6) is -1.15. The molecule has 0 spiro atoms. The van der Waals surface area contributed by atoms with Crippen molar-refractivity contribution in [1.82, 2.24) is 20.0 Å². The molecule has 1 aliphatic heterocycles. The van der Waals surface area contributed by atoms with Crippen LogP contribution in [0.5, 0.6) is 0 Å². The number of amides is 4. The molecule has 14 heteroatoms. The highest BCUT2D eigenvalue weighted by Gasteiger charge is 2.39. The predicted octanol–water partition coefficient (Wildman–Crippen LogP) is 5.89. The summed E-state index contributed by atoms with van der Waals surface area (Å²) in [5.41, 5.74) is 1.48. The number of Topliss-reactive ketones (excluding diaryl/α,β-unsaturated/α-hetero) is 2. The Bertz CT molecular complexity index is 1420. The molecule has 1 aromatic carbocycles. The first-order valence-corrected chi connectivity index (χ1v) is 21.1. The number of nitrogens with zero attached hydrogens (tertiary/aromatic N) is 3. The molecule has 1 aliphatic rings. The van der Waals surface area contributed by atoms with Crippen LogP contribution in [0.25, 0.3) is 0 Å². The van der Waals surface area contributed by atoms with Gasteiger partial charge in [0, 0.05) is 45.3 Å². The number of unbranched alkanes of at least 4 members (excludes halogenated alkanes) is 2. The van der Waals surface area contributed by atoms with Gasteiger partial charge in [0.2, 0.25) is 17.7 Å². The van der Waals surface area contributed by atoms with Crippen LogP contribution >= 0.6 is 11.8 Å². The van der Waals surface area contributed by atoms with Crippen LogP contribution in [0.3, 0.4) is 0 Å². The third-order valence-electron chi connectivity index (χ3n) is 10.4. The van der Waals surface area contributed by atoms with Gasteiger partial charge in [-0.05, 0) is 75.3 Å². The number of likely N-dealkylation sites (tertiary alicyclic amines) is 1. The van der Waals surface area contributed by atoms with Crippen LogP contribution in [0, 0.1) is 11.8 Å². The van der Waals surface area contributed by atoms with E-state index >= 15 is 0 Å². The lowest BCUT2D eigenvalue weighted by atomic mass is 9.92. The normalized spacial score (nSPS) is 17.3. The lowest BCUT2D eigenvalue weighted by Gasteiger charge is -2.40. The van der Waals surface area contributed by atoms with Crippen molar-refractivity contribution in [2.75, 3.05) is 38.8 Å². The van der Waals surface area contributed by atoms with Crippen molar-refractivity contribution in [2.45, 2.75) is 143 Å². The molecule has 2 unspecified atom stereocenters. The van der Waals surface area contributed by atoms with Gasteiger partial charge in [0.15, 0.2) is 11.6 Å². The molecule has 4 amide bonds. The Hall–Kier alpha value is -3.49. The van der Waals surface area contributed by atoms with Gasteiger partial charge in [-0.1, -0.05) is 60.1 Å².